The molecule has 1 saturated heterocycles. The van der Waals surface area contributed by atoms with Gasteiger partial charge in [-0.15, -0.1) is 0 Å². The Labute approximate surface area is 193 Å². The first-order valence-electron chi connectivity index (χ1n) is 9.90. The zero-order chi connectivity index (χ0) is 22.3. The second kappa shape index (κ2) is 8.82. The lowest BCUT2D eigenvalue weighted by Gasteiger charge is -2.35. The van der Waals surface area contributed by atoms with Gasteiger partial charge in [-0.2, -0.15) is 0 Å². The molecule has 1 N–H and O–H groups in total. The minimum Gasteiger partial charge on any atom is -0.495 e. The molecule has 0 spiro atoms. The predicted octanol–water partition coefficient (Wildman–Crippen LogP) is 4.67. The van der Waals surface area contributed by atoms with Crippen LogP contribution in [-0.2, 0) is 0 Å². The third-order valence-electron chi connectivity index (χ3n) is 5.77. The van der Waals surface area contributed by atoms with E-state index in [1.807, 2.05) is 19.2 Å². The predicted molar refractivity (Wildman–Crippen MR) is 125 cm³/mol. The maximum absolute atomic E-state index is 13.3. The van der Waals surface area contributed by atoms with Crippen molar-refractivity contribution < 1.29 is 19.0 Å². The summed E-state index contributed by atoms with van der Waals surface area (Å²) in [6.45, 7) is 1.30. The number of likely N-dealkylation sites (N-methyl/N-ethyl adjacent to an activating group) is 1. The molecule has 0 saturated carbocycles. The zero-order valence-corrected chi connectivity index (χ0v) is 19.8. The molecule has 2 atom stereocenters. The number of rotatable bonds is 4. The molecule has 1 aliphatic rings. The Bertz CT molecular complexity index is 1190. The molecule has 2 unspecified atom stereocenters. The number of β-amino-alcohol motifs (C(OH)–C–C–N with tert-alkyl or cyclic N) is 1. The van der Waals surface area contributed by atoms with Crippen LogP contribution in [0.4, 0.5) is 0 Å². The van der Waals surface area contributed by atoms with Crippen LogP contribution in [0.25, 0.3) is 22.3 Å². The molecule has 164 valence electrons. The minimum atomic E-state index is -0.648. The summed E-state index contributed by atoms with van der Waals surface area (Å²) in [6.07, 6.45) is 0.0347. The molecule has 0 amide bonds. The van der Waals surface area contributed by atoms with E-state index in [1.165, 1.54) is 13.2 Å². The zero-order valence-electron chi connectivity index (χ0n) is 17.4. The molecular formula is C23H23BrClNO5. The van der Waals surface area contributed by atoms with Gasteiger partial charge in [-0.3, -0.25) is 4.79 Å². The quantitative estimate of drug-likeness (QED) is 0.552. The van der Waals surface area contributed by atoms with Gasteiger partial charge in [0.25, 0.3) is 0 Å². The number of methoxy groups -OCH3 is 2. The van der Waals surface area contributed by atoms with Gasteiger partial charge in [0.2, 0.25) is 0 Å². The summed E-state index contributed by atoms with van der Waals surface area (Å²) in [5.74, 6) is 0.883. The fraction of sp³-hybridized carbons (Fsp3) is 0.348. The highest BCUT2D eigenvalue weighted by Gasteiger charge is 2.35. The van der Waals surface area contributed by atoms with Gasteiger partial charge in [0.05, 0.1) is 25.3 Å². The Morgan fingerprint density at radius 3 is 2.58 bits per heavy atom. The van der Waals surface area contributed by atoms with Crippen molar-refractivity contribution in [2.75, 3.05) is 34.4 Å². The fourth-order valence-electron chi connectivity index (χ4n) is 4.28. The van der Waals surface area contributed by atoms with Gasteiger partial charge < -0.3 is 23.9 Å². The Balaban J connectivity index is 2.09. The number of hydrogen-bond donors (Lipinski definition) is 1. The topological polar surface area (TPSA) is 72.1 Å². The minimum absolute atomic E-state index is 0.264. The second-order valence-electron chi connectivity index (χ2n) is 7.68. The first-order valence-corrected chi connectivity index (χ1v) is 11.1. The van der Waals surface area contributed by atoms with Crippen LogP contribution in [0.2, 0.25) is 5.02 Å². The van der Waals surface area contributed by atoms with Crippen LogP contribution < -0.4 is 14.9 Å². The van der Waals surface area contributed by atoms with Gasteiger partial charge >= 0.3 is 0 Å². The van der Waals surface area contributed by atoms with E-state index in [2.05, 4.69) is 20.8 Å². The standard InChI is InChI=1S/C23H23BrClNO5/c1-26-9-8-13(16(28)11-26)18-21-19(23(30-3)20(24)22(18)29-2)15(27)10-17(31-21)12-6-4-5-7-14(12)25/h4-7,10,13,16,28H,8-9,11H2,1-3H3. The van der Waals surface area contributed by atoms with Crippen molar-refractivity contribution in [3.63, 3.8) is 0 Å². The molecule has 8 heteroatoms. The number of halogens is 2. The van der Waals surface area contributed by atoms with Crippen molar-refractivity contribution in [2.45, 2.75) is 18.4 Å². The normalized spacial score (nSPS) is 19.5. The number of hydrogen-bond acceptors (Lipinski definition) is 6. The monoisotopic (exact) mass is 507 g/mol. The van der Waals surface area contributed by atoms with Crippen molar-refractivity contribution in [3.8, 4) is 22.8 Å². The number of fused-ring (bicyclic) bond motifs is 1. The Kier molecular flexibility index (Phi) is 6.30. The Morgan fingerprint density at radius 1 is 1.23 bits per heavy atom. The van der Waals surface area contributed by atoms with Gasteiger partial charge in [-0.1, -0.05) is 23.7 Å². The first-order chi connectivity index (χ1) is 14.9. The van der Waals surface area contributed by atoms with Crippen molar-refractivity contribution in [1.29, 1.82) is 0 Å². The number of ether oxygens (including phenoxy) is 2. The van der Waals surface area contributed by atoms with Crippen LogP contribution in [0.1, 0.15) is 17.9 Å². The van der Waals surface area contributed by atoms with Crippen LogP contribution in [0, 0.1) is 0 Å². The maximum atomic E-state index is 13.3. The van der Waals surface area contributed by atoms with E-state index in [1.54, 1.807) is 19.2 Å². The summed E-state index contributed by atoms with van der Waals surface area (Å²) in [5, 5.41) is 11.7. The van der Waals surface area contributed by atoms with Crippen molar-refractivity contribution in [1.82, 2.24) is 4.90 Å². The summed E-state index contributed by atoms with van der Waals surface area (Å²) in [7, 11) is 5.01. The molecule has 31 heavy (non-hydrogen) atoms. The lowest BCUT2D eigenvalue weighted by Crippen LogP contribution is -2.40. The highest BCUT2D eigenvalue weighted by atomic mass is 79.9. The smallest absolute Gasteiger partial charge is 0.197 e. The van der Waals surface area contributed by atoms with Crippen LogP contribution in [0.5, 0.6) is 11.5 Å². The number of aliphatic hydroxyl groups is 1. The van der Waals surface area contributed by atoms with E-state index in [9.17, 15) is 9.90 Å². The second-order valence-corrected chi connectivity index (χ2v) is 8.88. The molecule has 0 aliphatic carbocycles. The number of piperidine rings is 1. The molecule has 1 aromatic heterocycles. The molecule has 3 aromatic rings. The lowest BCUT2D eigenvalue weighted by molar-refractivity contribution is 0.0630. The van der Waals surface area contributed by atoms with E-state index in [4.69, 9.17) is 25.5 Å². The van der Waals surface area contributed by atoms with Crippen molar-refractivity contribution in [3.05, 3.63) is 55.6 Å². The molecule has 0 bridgehead atoms. The van der Waals surface area contributed by atoms with Crippen LogP contribution in [0.15, 0.2) is 44.0 Å². The fourth-order valence-corrected chi connectivity index (χ4v) is 5.25. The van der Waals surface area contributed by atoms with Crippen molar-refractivity contribution >= 4 is 38.5 Å². The van der Waals surface area contributed by atoms with Crippen molar-refractivity contribution in [2.24, 2.45) is 0 Å². The lowest BCUT2D eigenvalue weighted by atomic mass is 9.85. The van der Waals surface area contributed by atoms with E-state index >= 15 is 0 Å². The molecular weight excluding hydrogens is 486 g/mol. The third kappa shape index (κ3) is 3.84. The average Bonchev–Trinajstić information content (AvgIpc) is 2.74. The third-order valence-corrected chi connectivity index (χ3v) is 6.82. The highest BCUT2D eigenvalue weighted by molar-refractivity contribution is 9.10. The molecule has 1 fully saturated rings. The number of aliphatic hydroxyl groups excluding tert-OH is 1. The van der Waals surface area contributed by atoms with E-state index < -0.39 is 6.10 Å². The summed E-state index contributed by atoms with van der Waals surface area (Å²) >= 11 is 9.91. The first kappa shape index (κ1) is 22.1. The largest absolute Gasteiger partial charge is 0.495 e. The Morgan fingerprint density at radius 2 is 1.94 bits per heavy atom. The van der Waals surface area contributed by atoms with E-state index in [0.717, 1.165) is 6.54 Å². The maximum Gasteiger partial charge on any atom is 0.197 e. The van der Waals surface area contributed by atoms with Crippen LogP contribution >= 0.6 is 27.5 Å². The van der Waals surface area contributed by atoms with E-state index in [0.29, 0.717) is 61.8 Å². The highest BCUT2D eigenvalue weighted by Crippen LogP contribution is 2.49. The summed E-state index contributed by atoms with van der Waals surface area (Å²) in [6, 6.07) is 8.60. The summed E-state index contributed by atoms with van der Waals surface area (Å²) in [4.78, 5) is 15.3. The van der Waals surface area contributed by atoms with Gasteiger partial charge in [-0.25, -0.2) is 0 Å². The number of benzene rings is 2. The molecule has 2 heterocycles. The molecule has 4 rings (SSSR count). The molecule has 1 aliphatic heterocycles. The number of likely N-dealkylation sites (tertiary alicyclic amines) is 1. The van der Waals surface area contributed by atoms with E-state index in [-0.39, 0.29) is 11.3 Å². The van der Waals surface area contributed by atoms with Gasteiger partial charge in [-0.05, 0) is 48.1 Å². The van der Waals surface area contributed by atoms with Crippen LogP contribution in [0.3, 0.4) is 0 Å². The summed E-state index contributed by atoms with van der Waals surface area (Å²) < 4.78 is 18.1. The van der Waals surface area contributed by atoms with Gasteiger partial charge in [0.15, 0.2) is 11.2 Å². The number of nitrogens with zero attached hydrogens (tertiary/aromatic N) is 1. The van der Waals surface area contributed by atoms with Gasteiger partial charge in [0.1, 0.15) is 27.0 Å². The van der Waals surface area contributed by atoms with Gasteiger partial charge in [0, 0.05) is 29.7 Å². The Hall–Kier alpha value is -2.06. The summed E-state index contributed by atoms with van der Waals surface area (Å²) in [5.41, 5.74) is 1.34. The SMILES string of the molecule is COc1c(Br)c(OC)c2c(=O)cc(-c3ccccc3Cl)oc2c1C1CCN(C)CC1O. The molecule has 2 aromatic carbocycles. The van der Waals surface area contributed by atoms with Crippen LogP contribution in [-0.4, -0.2) is 50.5 Å². The average molecular weight is 509 g/mol. The molecule has 0 radical (unpaired) electrons. The molecule has 6 nitrogen and oxygen atoms in total.